The van der Waals surface area contributed by atoms with Crippen LogP contribution in [0, 0.1) is 0 Å². The number of hydrogen-bond donors (Lipinski definition) is 1. The van der Waals surface area contributed by atoms with Crippen LogP contribution in [0.5, 0.6) is 0 Å². The van der Waals surface area contributed by atoms with E-state index in [1.807, 2.05) is 121 Å². The summed E-state index contributed by atoms with van der Waals surface area (Å²) in [6.45, 7) is 5.49. The van der Waals surface area contributed by atoms with E-state index in [0.29, 0.717) is 26.4 Å². The third-order valence-corrected chi connectivity index (χ3v) is 6.52. The Kier molecular flexibility index (Phi) is 12.1. The first-order chi connectivity index (χ1) is 19.7. The van der Waals surface area contributed by atoms with Gasteiger partial charge in [0.2, 0.25) is 0 Å². The van der Waals surface area contributed by atoms with Gasteiger partial charge in [-0.2, -0.15) is 0 Å². The maximum atomic E-state index is 11.4. The molecule has 1 N–H and O–H groups in total. The molecule has 0 aromatic heterocycles. The molecule has 0 fully saturated rings. The molecule has 0 spiro atoms. The Balaban J connectivity index is 1.53. The largest absolute Gasteiger partial charge is 0.388 e. The molecule has 0 amide bonds. The lowest BCUT2D eigenvalue weighted by Crippen LogP contribution is -2.49. The van der Waals surface area contributed by atoms with E-state index < -0.39 is 24.4 Å². The third-order valence-electron chi connectivity index (χ3n) is 6.52. The topological polar surface area (TPSA) is 57.2 Å². The van der Waals surface area contributed by atoms with Gasteiger partial charge in [0.15, 0.2) is 0 Å². The molecule has 0 saturated carbocycles. The van der Waals surface area contributed by atoms with Crippen molar-refractivity contribution in [2.45, 2.75) is 50.8 Å². The maximum Gasteiger partial charge on any atom is 0.116 e. The zero-order valence-electron chi connectivity index (χ0n) is 22.8. The van der Waals surface area contributed by atoms with Gasteiger partial charge in [0.25, 0.3) is 0 Å². The molecule has 5 heteroatoms. The van der Waals surface area contributed by atoms with Crippen molar-refractivity contribution in [1.29, 1.82) is 0 Å². The van der Waals surface area contributed by atoms with Crippen molar-refractivity contribution in [3.8, 4) is 0 Å². The molecule has 4 atom stereocenters. The fourth-order valence-corrected chi connectivity index (χ4v) is 4.37. The fraction of sp³-hybridized carbons (Fsp3) is 0.257. The van der Waals surface area contributed by atoms with Gasteiger partial charge in [-0.15, -0.1) is 6.58 Å². The Labute approximate surface area is 237 Å². The van der Waals surface area contributed by atoms with Gasteiger partial charge in [-0.1, -0.05) is 127 Å². The van der Waals surface area contributed by atoms with Crippen LogP contribution in [0.2, 0.25) is 0 Å². The summed E-state index contributed by atoms with van der Waals surface area (Å²) in [6, 6.07) is 39.6. The highest BCUT2D eigenvalue weighted by Crippen LogP contribution is 2.22. The minimum absolute atomic E-state index is 0.0715. The number of aliphatic hydroxyl groups is 1. The first kappa shape index (κ1) is 29.4. The zero-order valence-corrected chi connectivity index (χ0v) is 22.8. The number of ether oxygens (including phenoxy) is 4. The van der Waals surface area contributed by atoms with Gasteiger partial charge in [-0.05, 0) is 22.3 Å². The van der Waals surface area contributed by atoms with Crippen molar-refractivity contribution in [1.82, 2.24) is 0 Å². The smallest absolute Gasteiger partial charge is 0.116 e. The molecule has 0 aliphatic carbocycles. The van der Waals surface area contributed by atoms with Crippen LogP contribution in [0.15, 0.2) is 134 Å². The van der Waals surface area contributed by atoms with Crippen LogP contribution in [-0.4, -0.2) is 36.1 Å². The maximum absolute atomic E-state index is 11.4. The lowest BCUT2D eigenvalue weighted by molar-refractivity contribution is -0.178. The summed E-state index contributed by atoms with van der Waals surface area (Å²) in [5, 5.41) is 11.4. The third kappa shape index (κ3) is 9.56. The molecule has 0 bridgehead atoms. The van der Waals surface area contributed by atoms with E-state index in [4.69, 9.17) is 18.9 Å². The van der Waals surface area contributed by atoms with Crippen molar-refractivity contribution in [3.05, 3.63) is 156 Å². The van der Waals surface area contributed by atoms with Gasteiger partial charge in [-0.25, -0.2) is 0 Å². The highest BCUT2D eigenvalue weighted by Gasteiger charge is 2.36. The minimum Gasteiger partial charge on any atom is -0.388 e. The van der Waals surface area contributed by atoms with Gasteiger partial charge in [0.1, 0.15) is 24.4 Å². The SMILES string of the molecule is C=CC(OCc1ccccc1)C(OCc1ccccc1)[C@@H](OCc1ccccc1)C(O)COCc1ccccc1. The Bertz CT molecular complexity index is 1220. The molecular formula is C35H38O5. The number of rotatable bonds is 17. The van der Waals surface area contributed by atoms with E-state index >= 15 is 0 Å². The second-order valence-corrected chi connectivity index (χ2v) is 9.59. The minimum atomic E-state index is -0.976. The van der Waals surface area contributed by atoms with Crippen LogP contribution in [0.3, 0.4) is 0 Å². The molecule has 5 nitrogen and oxygen atoms in total. The van der Waals surface area contributed by atoms with Gasteiger partial charge in [0, 0.05) is 0 Å². The second kappa shape index (κ2) is 16.5. The lowest BCUT2D eigenvalue weighted by Gasteiger charge is -2.35. The molecular weight excluding hydrogens is 500 g/mol. The summed E-state index contributed by atoms with van der Waals surface area (Å²) in [7, 11) is 0. The summed E-state index contributed by atoms with van der Waals surface area (Å²) in [5.74, 6) is 0. The van der Waals surface area contributed by atoms with Crippen LogP contribution >= 0.6 is 0 Å². The van der Waals surface area contributed by atoms with E-state index in [0.717, 1.165) is 22.3 Å². The van der Waals surface area contributed by atoms with E-state index in [1.54, 1.807) is 6.08 Å². The van der Waals surface area contributed by atoms with Crippen molar-refractivity contribution in [3.63, 3.8) is 0 Å². The quantitative estimate of drug-likeness (QED) is 0.155. The molecule has 4 rings (SSSR count). The first-order valence-electron chi connectivity index (χ1n) is 13.6. The van der Waals surface area contributed by atoms with E-state index in [1.165, 1.54) is 0 Å². The molecule has 40 heavy (non-hydrogen) atoms. The first-order valence-corrected chi connectivity index (χ1v) is 13.6. The van der Waals surface area contributed by atoms with Crippen LogP contribution in [-0.2, 0) is 45.4 Å². The van der Waals surface area contributed by atoms with Crippen molar-refractivity contribution in [2.24, 2.45) is 0 Å². The molecule has 3 unspecified atom stereocenters. The molecule has 0 aliphatic heterocycles. The van der Waals surface area contributed by atoms with Gasteiger partial charge in [-0.3, -0.25) is 0 Å². The van der Waals surface area contributed by atoms with Gasteiger partial charge in [0.05, 0.1) is 33.0 Å². The lowest BCUT2D eigenvalue weighted by atomic mass is 10.0. The van der Waals surface area contributed by atoms with Crippen molar-refractivity contribution < 1.29 is 24.1 Å². The summed E-state index contributed by atoms with van der Waals surface area (Å²) >= 11 is 0. The Hall–Kier alpha value is -3.58. The van der Waals surface area contributed by atoms with Crippen LogP contribution in [0.25, 0.3) is 0 Å². The number of benzene rings is 4. The van der Waals surface area contributed by atoms with Crippen molar-refractivity contribution >= 4 is 0 Å². The fourth-order valence-electron chi connectivity index (χ4n) is 4.37. The second-order valence-electron chi connectivity index (χ2n) is 9.59. The van der Waals surface area contributed by atoms with E-state index in [9.17, 15) is 5.11 Å². The van der Waals surface area contributed by atoms with Crippen LogP contribution in [0.1, 0.15) is 22.3 Å². The Morgan fingerprint density at radius 2 is 0.900 bits per heavy atom. The summed E-state index contributed by atoms with van der Waals surface area (Å²) in [4.78, 5) is 0. The Morgan fingerprint density at radius 1 is 0.525 bits per heavy atom. The molecule has 0 radical (unpaired) electrons. The highest BCUT2D eigenvalue weighted by atomic mass is 16.6. The standard InChI is InChI=1S/C35H38O5/c1-2-33(38-24-29-17-9-4-10-18-29)35(40-26-31-21-13-6-14-22-31)34(39-25-30-19-11-5-12-20-30)32(36)27-37-23-28-15-7-3-8-16-28/h2-22,32-36H,1,23-27H2/t32?,33?,34-,35?/m0/s1. The number of aliphatic hydroxyl groups excluding tert-OH is 1. The predicted molar refractivity (Wildman–Crippen MR) is 157 cm³/mol. The predicted octanol–water partition coefficient (Wildman–Crippen LogP) is 6.51. The van der Waals surface area contributed by atoms with Crippen LogP contribution < -0.4 is 0 Å². The molecule has 4 aromatic carbocycles. The van der Waals surface area contributed by atoms with Gasteiger partial charge < -0.3 is 24.1 Å². The summed E-state index contributed by atoms with van der Waals surface area (Å²) < 4.78 is 25.1. The molecule has 0 aliphatic rings. The Morgan fingerprint density at radius 3 is 1.32 bits per heavy atom. The highest BCUT2D eigenvalue weighted by molar-refractivity contribution is 5.16. The van der Waals surface area contributed by atoms with E-state index in [2.05, 4.69) is 6.58 Å². The van der Waals surface area contributed by atoms with Gasteiger partial charge >= 0.3 is 0 Å². The molecule has 0 heterocycles. The van der Waals surface area contributed by atoms with Crippen molar-refractivity contribution in [2.75, 3.05) is 6.61 Å². The molecule has 4 aromatic rings. The molecule has 208 valence electrons. The summed E-state index contributed by atoms with van der Waals surface area (Å²) in [5.41, 5.74) is 4.07. The van der Waals surface area contributed by atoms with E-state index in [-0.39, 0.29) is 6.61 Å². The molecule has 0 saturated heterocycles. The average Bonchev–Trinajstić information content (AvgIpc) is 3.01. The normalized spacial score (nSPS) is 14.2. The summed E-state index contributed by atoms with van der Waals surface area (Å²) in [6.07, 6.45) is -1.21. The number of hydrogen-bond acceptors (Lipinski definition) is 5. The van der Waals surface area contributed by atoms with Crippen LogP contribution in [0.4, 0.5) is 0 Å². The average molecular weight is 539 g/mol. The zero-order chi connectivity index (χ0) is 27.8. The monoisotopic (exact) mass is 538 g/mol.